The maximum atomic E-state index is 13.8. The van der Waals surface area contributed by atoms with E-state index in [-0.39, 0.29) is 23.6 Å². The van der Waals surface area contributed by atoms with Gasteiger partial charge in [0.25, 0.3) is 11.1 Å². The van der Waals surface area contributed by atoms with Gasteiger partial charge in [0.1, 0.15) is 18.2 Å². The summed E-state index contributed by atoms with van der Waals surface area (Å²) in [6.45, 7) is 0.448. The van der Waals surface area contributed by atoms with E-state index < -0.39 is 0 Å². The number of carbonyl (C=O) groups excluding carboxylic acids is 2. The maximum Gasteiger partial charge on any atom is 0.293 e. The number of nitrogens with zero attached hydrogens (tertiary/aromatic N) is 1. The van der Waals surface area contributed by atoms with E-state index in [4.69, 9.17) is 4.74 Å². The smallest absolute Gasteiger partial charge is 0.293 e. The summed E-state index contributed by atoms with van der Waals surface area (Å²) in [4.78, 5) is 26.7. The summed E-state index contributed by atoms with van der Waals surface area (Å²) in [5.74, 6) is -0.0493. The van der Waals surface area contributed by atoms with Crippen molar-refractivity contribution in [1.82, 2.24) is 4.90 Å². The largest absolute Gasteiger partial charge is 0.489 e. The third kappa shape index (κ3) is 5.22. The van der Waals surface area contributed by atoms with Gasteiger partial charge in [0.05, 0.1) is 4.91 Å². The van der Waals surface area contributed by atoms with Crippen LogP contribution in [-0.4, -0.2) is 22.6 Å². The molecule has 0 atom stereocenters. The minimum absolute atomic E-state index is 0.103. The summed E-state index contributed by atoms with van der Waals surface area (Å²) in [5, 5.41) is -0.265. The summed E-state index contributed by atoms with van der Waals surface area (Å²) in [6.07, 6.45) is 2.30. The Labute approximate surface area is 184 Å². The number of imide groups is 1. The van der Waals surface area contributed by atoms with Crippen molar-refractivity contribution in [1.29, 1.82) is 0 Å². The normalized spacial score (nSPS) is 15.0. The number of benzene rings is 3. The molecule has 2 amide bonds. The van der Waals surface area contributed by atoms with Gasteiger partial charge in [-0.25, -0.2) is 4.39 Å². The van der Waals surface area contributed by atoms with Gasteiger partial charge in [-0.15, -0.1) is 0 Å². The average Bonchev–Trinajstić information content (AvgIpc) is 3.05. The second-order valence-corrected chi connectivity index (χ2v) is 8.01. The molecule has 1 heterocycles. The van der Waals surface area contributed by atoms with E-state index in [0.717, 1.165) is 22.9 Å². The zero-order valence-electron chi connectivity index (χ0n) is 16.7. The van der Waals surface area contributed by atoms with E-state index in [2.05, 4.69) is 0 Å². The highest BCUT2D eigenvalue weighted by Gasteiger charge is 2.34. The maximum absolute atomic E-state index is 13.8. The Morgan fingerprint density at radius 2 is 1.71 bits per heavy atom. The van der Waals surface area contributed by atoms with Crippen LogP contribution in [0.1, 0.15) is 16.7 Å². The summed E-state index contributed by atoms with van der Waals surface area (Å²) in [7, 11) is 0. The van der Waals surface area contributed by atoms with Crippen molar-refractivity contribution in [2.75, 3.05) is 6.54 Å². The molecule has 3 aromatic carbocycles. The van der Waals surface area contributed by atoms with Gasteiger partial charge in [0, 0.05) is 12.1 Å². The Morgan fingerprint density at radius 3 is 2.52 bits per heavy atom. The zero-order valence-corrected chi connectivity index (χ0v) is 17.5. The van der Waals surface area contributed by atoms with Crippen LogP contribution in [-0.2, 0) is 17.8 Å². The molecule has 1 aliphatic heterocycles. The van der Waals surface area contributed by atoms with Crippen LogP contribution in [0.5, 0.6) is 5.75 Å². The van der Waals surface area contributed by atoms with Crippen molar-refractivity contribution in [2.24, 2.45) is 0 Å². The van der Waals surface area contributed by atoms with Gasteiger partial charge in [-0.3, -0.25) is 14.5 Å². The lowest BCUT2D eigenvalue weighted by molar-refractivity contribution is -0.122. The van der Waals surface area contributed by atoms with Gasteiger partial charge < -0.3 is 4.74 Å². The highest BCUT2D eigenvalue weighted by molar-refractivity contribution is 8.18. The van der Waals surface area contributed by atoms with Crippen LogP contribution in [0, 0.1) is 5.82 Å². The van der Waals surface area contributed by atoms with Gasteiger partial charge in [-0.05, 0) is 53.6 Å². The van der Waals surface area contributed by atoms with E-state index in [1.807, 2.05) is 36.4 Å². The quantitative estimate of drug-likeness (QED) is 0.450. The second-order valence-electron chi connectivity index (χ2n) is 7.02. The van der Waals surface area contributed by atoms with Crippen LogP contribution in [0.25, 0.3) is 6.08 Å². The topological polar surface area (TPSA) is 46.6 Å². The predicted molar refractivity (Wildman–Crippen MR) is 120 cm³/mol. The molecule has 3 aromatic rings. The minimum atomic E-state index is -0.317. The first-order valence-corrected chi connectivity index (χ1v) is 10.7. The molecule has 1 aliphatic rings. The van der Waals surface area contributed by atoms with Crippen LogP contribution < -0.4 is 4.74 Å². The third-order valence-electron chi connectivity index (χ3n) is 4.85. The molecule has 6 heteroatoms. The van der Waals surface area contributed by atoms with Crippen LogP contribution in [0.2, 0.25) is 0 Å². The van der Waals surface area contributed by atoms with E-state index in [1.54, 1.807) is 42.5 Å². The lowest BCUT2D eigenvalue weighted by Crippen LogP contribution is -2.30. The van der Waals surface area contributed by atoms with Gasteiger partial charge in [-0.1, -0.05) is 60.7 Å². The highest BCUT2D eigenvalue weighted by atomic mass is 32.2. The molecule has 0 unspecified atom stereocenters. The third-order valence-corrected chi connectivity index (χ3v) is 5.76. The standard InChI is InChI=1S/C25H20FNO3S/c26-22-12-5-4-10-20(22)17-30-21-11-6-9-19(15-21)16-23-24(28)27(25(29)31-23)14-13-18-7-2-1-3-8-18/h1-12,15-16H,13-14,17H2/b23-16+. The van der Waals surface area contributed by atoms with Crippen LogP contribution in [0.15, 0.2) is 83.8 Å². The van der Waals surface area contributed by atoms with E-state index in [9.17, 15) is 14.0 Å². The van der Waals surface area contributed by atoms with E-state index >= 15 is 0 Å². The highest BCUT2D eigenvalue weighted by Crippen LogP contribution is 2.32. The monoisotopic (exact) mass is 433 g/mol. The van der Waals surface area contributed by atoms with E-state index in [1.165, 1.54) is 11.0 Å². The fourth-order valence-corrected chi connectivity index (χ4v) is 4.07. The van der Waals surface area contributed by atoms with Gasteiger partial charge in [-0.2, -0.15) is 0 Å². The Balaban J connectivity index is 1.42. The Hall–Kier alpha value is -3.38. The fraction of sp³-hybridized carbons (Fsp3) is 0.120. The molecule has 0 aliphatic carbocycles. The molecule has 0 aromatic heterocycles. The molecule has 1 fully saturated rings. The first-order valence-electron chi connectivity index (χ1n) is 9.86. The lowest BCUT2D eigenvalue weighted by Gasteiger charge is -2.12. The zero-order chi connectivity index (χ0) is 21.6. The van der Waals surface area contributed by atoms with Crippen molar-refractivity contribution < 1.29 is 18.7 Å². The summed E-state index contributed by atoms with van der Waals surface area (Å²) < 4.78 is 19.5. The van der Waals surface area contributed by atoms with Gasteiger partial charge in [0.15, 0.2) is 0 Å². The molecule has 0 spiro atoms. The minimum Gasteiger partial charge on any atom is -0.489 e. The SMILES string of the molecule is O=C1S/C(=C/c2cccc(OCc3ccccc3F)c2)C(=O)N1CCc1ccccc1. The Bertz CT molecular complexity index is 1130. The summed E-state index contributed by atoms with van der Waals surface area (Å²) in [5.41, 5.74) is 2.28. The molecule has 0 N–H and O–H groups in total. The number of ether oxygens (including phenoxy) is 1. The molecule has 31 heavy (non-hydrogen) atoms. The van der Waals surface area contributed by atoms with Crippen molar-refractivity contribution in [3.05, 3.63) is 106 Å². The second kappa shape index (κ2) is 9.62. The number of thioether (sulfide) groups is 1. The first-order chi connectivity index (χ1) is 15.1. The van der Waals surface area contributed by atoms with Crippen LogP contribution in [0.4, 0.5) is 9.18 Å². The van der Waals surface area contributed by atoms with Crippen LogP contribution >= 0.6 is 11.8 Å². The number of halogens is 1. The molecule has 4 nitrogen and oxygen atoms in total. The lowest BCUT2D eigenvalue weighted by atomic mass is 10.1. The van der Waals surface area contributed by atoms with Crippen LogP contribution in [0.3, 0.4) is 0 Å². The average molecular weight is 434 g/mol. The number of carbonyl (C=O) groups is 2. The Morgan fingerprint density at radius 1 is 0.935 bits per heavy atom. The molecule has 0 bridgehead atoms. The van der Waals surface area contributed by atoms with Crippen molar-refractivity contribution in [3.8, 4) is 5.75 Å². The number of hydrogen-bond acceptors (Lipinski definition) is 4. The number of hydrogen-bond donors (Lipinski definition) is 0. The van der Waals surface area contributed by atoms with Crippen molar-refractivity contribution >= 4 is 29.0 Å². The fourth-order valence-electron chi connectivity index (χ4n) is 3.20. The molecule has 0 saturated carbocycles. The molecular formula is C25H20FNO3S. The summed E-state index contributed by atoms with van der Waals surface area (Å²) >= 11 is 0.938. The molecular weight excluding hydrogens is 413 g/mol. The first kappa shape index (κ1) is 20.9. The van der Waals surface area contributed by atoms with E-state index in [0.29, 0.717) is 29.2 Å². The Kier molecular flexibility index (Phi) is 6.48. The molecule has 0 radical (unpaired) electrons. The molecule has 4 rings (SSSR count). The number of amides is 2. The molecule has 1 saturated heterocycles. The van der Waals surface area contributed by atoms with Gasteiger partial charge >= 0.3 is 0 Å². The predicted octanol–water partition coefficient (Wildman–Crippen LogP) is 5.68. The van der Waals surface area contributed by atoms with Crippen molar-refractivity contribution in [3.63, 3.8) is 0 Å². The number of rotatable bonds is 7. The van der Waals surface area contributed by atoms with Crippen molar-refractivity contribution in [2.45, 2.75) is 13.0 Å². The summed E-state index contributed by atoms with van der Waals surface area (Å²) in [6, 6.07) is 23.4. The van der Waals surface area contributed by atoms with Gasteiger partial charge in [0.2, 0.25) is 0 Å². The molecule has 156 valence electrons.